The van der Waals surface area contributed by atoms with E-state index in [0.29, 0.717) is 17.9 Å². The quantitative estimate of drug-likeness (QED) is 0.766. The van der Waals surface area contributed by atoms with E-state index in [4.69, 9.17) is 4.74 Å². The number of nitrogens with zero attached hydrogens (tertiary/aromatic N) is 1. The number of benzene rings is 2. The van der Waals surface area contributed by atoms with E-state index in [2.05, 4.69) is 5.32 Å². The van der Waals surface area contributed by atoms with Crippen molar-refractivity contribution in [3.63, 3.8) is 0 Å². The molecule has 2 aromatic carbocycles. The summed E-state index contributed by atoms with van der Waals surface area (Å²) in [5.74, 6) is -0.467. The fourth-order valence-electron chi connectivity index (χ4n) is 3.88. The predicted molar refractivity (Wildman–Crippen MR) is 112 cm³/mol. The van der Waals surface area contributed by atoms with Crippen LogP contribution >= 0.6 is 11.8 Å². The first kappa shape index (κ1) is 19.5. The van der Waals surface area contributed by atoms with E-state index in [1.54, 1.807) is 16.7 Å². The number of para-hydroxylation sites is 1. The van der Waals surface area contributed by atoms with E-state index in [0.717, 1.165) is 17.5 Å². The number of thioether (sulfide) groups is 1. The van der Waals surface area contributed by atoms with Crippen molar-refractivity contribution in [2.45, 2.75) is 30.7 Å². The van der Waals surface area contributed by atoms with Crippen LogP contribution in [-0.4, -0.2) is 46.0 Å². The van der Waals surface area contributed by atoms with Gasteiger partial charge in [-0.2, -0.15) is 0 Å². The first-order valence-electron chi connectivity index (χ1n) is 9.55. The van der Waals surface area contributed by atoms with Gasteiger partial charge in [0, 0.05) is 23.4 Å². The van der Waals surface area contributed by atoms with Crippen molar-refractivity contribution in [3.05, 3.63) is 54.6 Å². The van der Waals surface area contributed by atoms with Crippen molar-refractivity contribution in [2.24, 2.45) is 0 Å². The summed E-state index contributed by atoms with van der Waals surface area (Å²) in [5, 5.41) is 2.82. The number of rotatable bonds is 5. The van der Waals surface area contributed by atoms with E-state index >= 15 is 0 Å². The SMILES string of the molecule is C[C@]12CCC(=O)N1[C@H](C(=O)OCC(=O)Nc1ccccc1-c1ccccc1)CS2. The zero-order valence-electron chi connectivity index (χ0n) is 16.1. The maximum atomic E-state index is 12.5. The normalized spacial score (nSPS) is 23.0. The molecule has 0 bridgehead atoms. The van der Waals surface area contributed by atoms with E-state index in [9.17, 15) is 14.4 Å². The zero-order valence-corrected chi connectivity index (χ0v) is 16.9. The number of amides is 2. The van der Waals surface area contributed by atoms with E-state index in [-0.39, 0.29) is 17.4 Å². The molecule has 2 saturated heterocycles. The molecule has 29 heavy (non-hydrogen) atoms. The average Bonchev–Trinajstić information content (AvgIpc) is 3.23. The number of anilines is 1. The lowest BCUT2D eigenvalue weighted by Gasteiger charge is -2.29. The Morgan fingerprint density at radius 1 is 1.17 bits per heavy atom. The van der Waals surface area contributed by atoms with E-state index in [1.807, 2.05) is 61.5 Å². The van der Waals surface area contributed by atoms with Crippen molar-refractivity contribution in [1.29, 1.82) is 0 Å². The summed E-state index contributed by atoms with van der Waals surface area (Å²) in [4.78, 5) is 38.4. The fraction of sp³-hybridized carbons (Fsp3) is 0.318. The monoisotopic (exact) mass is 410 g/mol. The van der Waals surface area contributed by atoms with Crippen LogP contribution in [0.5, 0.6) is 0 Å². The van der Waals surface area contributed by atoms with Crippen LogP contribution in [0.4, 0.5) is 5.69 Å². The summed E-state index contributed by atoms with van der Waals surface area (Å²) in [6, 6.07) is 16.6. The van der Waals surface area contributed by atoms with Crippen molar-refractivity contribution in [3.8, 4) is 11.1 Å². The van der Waals surface area contributed by atoms with Crippen LogP contribution in [0.1, 0.15) is 19.8 Å². The number of carbonyl (C=O) groups excluding carboxylic acids is 3. The highest BCUT2D eigenvalue weighted by atomic mass is 32.2. The minimum atomic E-state index is -0.621. The second-order valence-electron chi connectivity index (χ2n) is 7.33. The molecule has 0 aliphatic carbocycles. The van der Waals surface area contributed by atoms with Gasteiger partial charge in [-0.1, -0.05) is 48.5 Å². The smallest absolute Gasteiger partial charge is 0.330 e. The minimum absolute atomic E-state index is 0.0271. The number of ether oxygens (including phenoxy) is 1. The van der Waals surface area contributed by atoms with Crippen molar-refractivity contribution in [2.75, 3.05) is 17.7 Å². The van der Waals surface area contributed by atoms with Gasteiger partial charge >= 0.3 is 5.97 Å². The molecule has 0 radical (unpaired) electrons. The van der Waals surface area contributed by atoms with Crippen LogP contribution in [-0.2, 0) is 19.1 Å². The lowest BCUT2D eigenvalue weighted by atomic mass is 10.0. The van der Waals surface area contributed by atoms with Crippen molar-refractivity contribution < 1.29 is 19.1 Å². The summed E-state index contributed by atoms with van der Waals surface area (Å²) in [6.45, 7) is 1.59. The van der Waals surface area contributed by atoms with Crippen LogP contribution < -0.4 is 5.32 Å². The fourth-order valence-corrected chi connectivity index (χ4v) is 5.29. The third-order valence-electron chi connectivity index (χ3n) is 5.35. The molecule has 0 saturated carbocycles. The van der Waals surface area contributed by atoms with Gasteiger partial charge < -0.3 is 15.0 Å². The molecule has 2 aliphatic rings. The van der Waals surface area contributed by atoms with E-state index in [1.165, 1.54) is 0 Å². The van der Waals surface area contributed by atoms with Crippen LogP contribution in [0, 0.1) is 0 Å². The first-order valence-corrected chi connectivity index (χ1v) is 10.5. The van der Waals surface area contributed by atoms with Gasteiger partial charge in [0.2, 0.25) is 5.91 Å². The number of hydrogen-bond donors (Lipinski definition) is 1. The summed E-state index contributed by atoms with van der Waals surface area (Å²) >= 11 is 1.60. The number of esters is 1. The van der Waals surface area contributed by atoms with Crippen LogP contribution in [0.2, 0.25) is 0 Å². The topological polar surface area (TPSA) is 75.7 Å². The highest BCUT2D eigenvalue weighted by molar-refractivity contribution is 8.01. The Bertz CT molecular complexity index is 949. The molecule has 0 unspecified atom stereocenters. The molecule has 2 aliphatic heterocycles. The molecular formula is C22H22N2O4S. The summed E-state index contributed by atoms with van der Waals surface area (Å²) < 4.78 is 5.25. The maximum Gasteiger partial charge on any atom is 0.330 e. The molecule has 2 amide bonds. The van der Waals surface area contributed by atoms with Gasteiger partial charge in [0.15, 0.2) is 6.61 Å². The standard InChI is InChI=1S/C22H22N2O4S/c1-22-12-11-20(26)24(22)18(14-29-22)21(27)28-13-19(25)23-17-10-6-5-9-16(17)15-7-3-2-4-8-15/h2-10,18H,11-14H2,1H3,(H,23,25)/t18-,22-/m0/s1. The minimum Gasteiger partial charge on any atom is -0.454 e. The molecule has 150 valence electrons. The number of nitrogens with one attached hydrogen (secondary N) is 1. The Labute approximate surface area is 173 Å². The first-order chi connectivity index (χ1) is 14.0. The van der Waals surface area contributed by atoms with Crippen LogP contribution in [0.15, 0.2) is 54.6 Å². The lowest BCUT2D eigenvalue weighted by Crippen LogP contribution is -2.47. The number of carbonyl (C=O) groups is 3. The molecule has 2 heterocycles. The lowest BCUT2D eigenvalue weighted by molar-refractivity contribution is -0.155. The van der Waals surface area contributed by atoms with Gasteiger partial charge in [-0.15, -0.1) is 11.8 Å². The average molecular weight is 410 g/mol. The van der Waals surface area contributed by atoms with Crippen molar-refractivity contribution >= 4 is 35.2 Å². The van der Waals surface area contributed by atoms with Gasteiger partial charge in [0.1, 0.15) is 6.04 Å². The van der Waals surface area contributed by atoms with Gasteiger partial charge in [0.25, 0.3) is 5.91 Å². The van der Waals surface area contributed by atoms with Gasteiger partial charge in [-0.3, -0.25) is 9.59 Å². The van der Waals surface area contributed by atoms with Crippen molar-refractivity contribution in [1.82, 2.24) is 4.90 Å². The largest absolute Gasteiger partial charge is 0.454 e. The number of hydrogen-bond acceptors (Lipinski definition) is 5. The molecule has 2 aromatic rings. The van der Waals surface area contributed by atoms with Gasteiger partial charge in [0.05, 0.1) is 4.87 Å². The highest BCUT2D eigenvalue weighted by Crippen LogP contribution is 2.47. The van der Waals surface area contributed by atoms with Gasteiger partial charge in [-0.05, 0) is 25.0 Å². The Morgan fingerprint density at radius 2 is 1.90 bits per heavy atom. The second-order valence-corrected chi connectivity index (χ2v) is 8.83. The molecular weight excluding hydrogens is 388 g/mol. The third kappa shape index (κ3) is 3.87. The Hall–Kier alpha value is -2.80. The zero-order chi connectivity index (χ0) is 20.4. The number of fused-ring (bicyclic) bond motifs is 1. The summed E-state index contributed by atoms with van der Waals surface area (Å²) in [6.07, 6.45) is 1.18. The van der Waals surface area contributed by atoms with E-state index < -0.39 is 17.9 Å². The summed E-state index contributed by atoms with van der Waals surface area (Å²) in [7, 11) is 0. The molecule has 7 heteroatoms. The Kier molecular flexibility index (Phi) is 5.32. The maximum absolute atomic E-state index is 12.5. The van der Waals surface area contributed by atoms with Crippen LogP contribution in [0.3, 0.4) is 0 Å². The third-order valence-corrected chi connectivity index (χ3v) is 6.85. The molecule has 2 atom stereocenters. The molecule has 2 fully saturated rings. The Balaban J connectivity index is 1.38. The summed E-state index contributed by atoms with van der Waals surface area (Å²) in [5.41, 5.74) is 2.52. The predicted octanol–water partition coefficient (Wildman–Crippen LogP) is 3.29. The second kappa shape index (κ2) is 7.91. The van der Waals surface area contributed by atoms with Crippen LogP contribution in [0.25, 0.3) is 11.1 Å². The molecule has 1 N–H and O–H groups in total. The molecule has 0 aromatic heterocycles. The molecule has 6 nitrogen and oxygen atoms in total. The van der Waals surface area contributed by atoms with Gasteiger partial charge in [-0.25, -0.2) is 4.79 Å². The molecule has 4 rings (SSSR count). The molecule has 0 spiro atoms. The highest BCUT2D eigenvalue weighted by Gasteiger charge is 2.53. The Morgan fingerprint density at radius 3 is 2.69 bits per heavy atom.